The maximum atomic E-state index is 15.0. The monoisotopic (exact) mass is 602 g/mol. The van der Waals surface area contributed by atoms with Gasteiger partial charge in [-0.25, -0.2) is 13.6 Å². The molecular weight excluding hydrogens is 562 g/mol. The molecule has 3 atom stereocenters. The second-order valence-electron chi connectivity index (χ2n) is 12.6. The molecule has 2 aromatic carbocycles. The standard InChI is InChI=1S/C32H41ClF2N4O3/c1-32(2,3)38-20-26(25-11-10-24(34)19-28(25)35)27(21-38)30(40)36-12-4-5-29(22-6-8-23(33)9-7-22)39(14-13-36)31(41)37-15-17-42-18-16-37/h6-11,19,26-27,29H,4-5,12-18,20-21H2,1-3H3. The molecule has 3 amide bonds. The van der Waals surface area contributed by atoms with Crippen LogP contribution in [0.25, 0.3) is 0 Å². The molecule has 3 saturated heterocycles. The van der Waals surface area contributed by atoms with E-state index in [1.165, 1.54) is 12.1 Å². The van der Waals surface area contributed by atoms with E-state index in [0.29, 0.717) is 82.5 Å². The molecule has 0 spiro atoms. The van der Waals surface area contributed by atoms with Gasteiger partial charge in [-0.3, -0.25) is 9.69 Å². The average Bonchev–Trinajstić information content (AvgIpc) is 3.40. The van der Waals surface area contributed by atoms with E-state index in [4.69, 9.17) is 16.3 Å². The lowest BCUT2D eigenvalue weighted by molar-refractivity contribution is -0.136. The number of carbonyl (C=O) groups is 2. The van der Waals surface area contributed by atoms with Gasteiger partial charge in [0.15, 0.2) is 0 Å². The summed E-state index contributed by atoms with van der Waals surface area (Å²) in [4.78, 5) is 35.8. The molecule has 0 radical (unpaired) electrons. The van der Waals surface area contributed by atoms with Gasteiger partial charge in [0.25, 0.3) is 0 Å². The molecule has 228 valence electrons. The Morgan fingerprint density at radius 1 is 0.905 bits per heavy atom. The SMILES string of the molecule is CC(C)(C)N1CC(C(=O)N2CCCC(c3ccc(Cl)cc3)N(C(=O)N3CCOCC3)CC2)C(c2ccc(F)cc2F)C1. The summed E-state index contributed by atoms with van der Waals surface area (Å²) in [6.45, 7) is 10.6. The number of benzene rings is 2. The minimum atomic E-state index is -0.631. The molecule has 5 rings (SSSR count). The van der Waals surface area contributed by atoms with Gasteiger partial charge in [-0.15, -0.1) is 0 Å². The second-order valence-corrected chi connectivity index (χ2v) is 13.0. The number of carbonyl (C=O) groups excluding carboxylic acids is 2. The number of hydrogen-bond donors (Lipinski definition) is 0. The Morgan fingerprint density at radius 3 is 2.29 bits per heavy atom. The van der Waals surface area contributed by atoms with E-state index in [2.05, 4.69) is 25.7 Å². The van der Waals surface area contributed by atoms with Crippen LogP contribution >= 0.6 is 11.6 Å². The number of ether oxygens (including phenoxy) is 1. The van der Waals surface area contributed by atoms with Crippen LogP contribution in [0.2, 0.25) is 5.02 Å². The third-order valence-electron chi connectivity index (χ3n) is 8.93. The van der Waals surface area contributed by atoms with Crippen LogP contribution in [0.1, 0.15) is 56.7 Å². The highest BCUT2D eigenvalue weighted by atomic mass is 35.5. The highest BCUT2D eigenvalue weighted by Gasteiger charge is 2.45. The lowest BCUT2D eigenvalue weighted by atomic mass is 9.87. The highest BCUT2D eigenvalue weighted by molar-refractivity contribution is 6.30. The zero-order valence-electron chi connectivity index (χ0n) is 24.7. The van der Waals surface area contributed by atoms with Crippen molar-refractivity contribution in [1.29, 1.82) is 0 Å². The molecule has 0 saturated carbocycles. The first-order chi connectivity index (χ1) is 20.0. The van der Waals surface area contributed by atoms with E-state index in [1.807, 2.05) is 39.0 Å². The fourth-order valence-corrected chi connectivity index (χ4v) is 6.62. The van der Waals surface area contributed by atoms with Crippen molar-refractivity contribution in [2.75, 3.05) is 59.0 Å². The largest absolute Gasteiger partial charge is 0.378 e. The van der Waals surface area contributed by atoms with Gasteiger partial charge in [0.1, 0.15) is 11.6 Å². The van der Waals surface area contributed by atoms with Crippen LogP contribution in [0.15, 0.2) is 42.5 Å². The van der Waals surface area contributed by atoms with Gasteiger partial charge in [0.05, 0.1) is 25.2 Å². The summed E-state index contributed by atoms with van der Waals surface area (Å²) < 4.78 is 34.3. The van der Waals surface area contributed by atoms with Crippen LogP contribution < -0.4 is 0 Å². The summed E-state index contributed by atoms with van der Waals surface area (Å²) >= 11 is 6.17. The maximum absolute atomic E-state index is 15.0. The predicted octanol–water partition coefficient (Wildman–Crippen LogP) is 5.55. The summed E-state index contributed by atoms with van der Waals surface area (Å²) in [6.07, 6.45) is 1.40. The van der Waals surface area contributed by atoms with Gasteiger partial charge < -0.3 is 19.4 Å². The molecule has 0 bridgehead atoms. The number of hydrogen-bond acceptors (Lipinski definition) is 4. The van der Waals surface area contributed by atoms with Gasteiger partial charge in [0.2, 0.25) is 5.91 Å². The highest BCUT2D eigenvalue weighted by Crippen LogP contribution is 2.39. The maximum Gasteiger partial charge on any atom is 0.320 e. The quantitative estimate of drug-likeness (QED) is 0.462. The molecule has 0 N–H and O–H groups in total. The zero-order valence-corrected chi connectivity index (χ0v) is 25.5. The van der Waals surface area contributed by atoms with E-state index in [9.17, 15) is 14.0 Å². The van der Waals surface area contributed by atoms with Crippen LogP contribution in [0, 0.1) is 17.6 Å². The number of amides is 3. The number of urea groups is 1. The Balaban J connectivity index is 1.39. The molecule has 3 aliphatic rings. The van der Waals surface area contributed by atoms with Crippen molar-refractivity contribution in [3.8, 4) is 0 Å². The van der Waals surface area contributed by atoms with E-state index in [1.54, 1.807) is 0 Å². The molecule has 3 fully saturated rings. The first kappa shape index (κ1) is 30.7. The van der Waals surface area contributed by atoms with Crippen molar-refractivity contribution < 1.29 is 23.1 Å². The Labute approximate surface area is 252 Å². The van der Waals surface area contributed by atoms with Crippen molar-refractivity contribution in [2.24, 2.45) is 5.92 Å². The van der Waals surface area contributed by atoms with Crippen molar-refractivity contribution in [3.63, 3.8) is 0 Å². The second kappa shape index (κ2) is 12.9. The smallest absolute Gasteiger partial charge is 0.320 e. The van der Waals surface area contributed by atoms with Gasteiger partial charge in [-0.05, 0) is 62.9 Å². The predicted molar refractivity (Wildman–Crippen MR) is 158 cm³/mol. The molecule has 2 aromatic rings. The fraction of sp³-hybridized carbons (Fsp3) is 0.562. The summed E-state index contributed by atoms with van der Waals surface area (Å²) in [6, 6.07) is 11.1. The van der Waals surface area contributed by atoms with Gasteiger partial charge in [0, 0.05) is 68.4 Å². The molecular formula is C32H41ClF2N4O3. The van der Waals surface area contributed by atoms with E-state index >= 15 is 4.39 Å². The first-order valence-electron chi connectivity index (χ1n) is 14.9. The molecule has 3 aliphatic heterocycles. The van der Waals surface area contributed by atoms with E-state index in [0.717, 1.165) is 11.6 Å². The van der Waals surface area contributed by atoms with Crippen LogP contribution in [-0.2, 0) is 9.53 Å². The Kier molecular flexibility index (Phi) is 9.40. The summed E-state index contributed by atoms with van der Waals surface area (Å²) in [5, 5.41) is 0.639. The number of halogens is 3. The average molecular weight is 603 g/mol. The minimum absolute atomic E-state index is 0.0424. The Hall–Kier alpha value is -2.75. The summed E-state index contributed by atoms with van der Waals surface area (Å²) in [5.41, 5.74) is 1.18. The molecule has 3 heterocycles. The van der Waals surface area contributed by atoms with E-state index < -0.39 is 23.5 Å². The van der Waals surface area contributed by atoms with E-state index in [-0.39, 0.29) is 23.5 Å². The number of rotatable bonds is 3. The summed E-state index contributed by atoms with van der Waals surface area (Å²) in [5.74, 6) is -2.16. The molecule has 0 aliphatic carbocycles. The zero-order chi connectivity index (χ0) is 30.0. The third-order valence-corrected chi connectivity index (χ3v) is 9.19. The van der Waals surface area contributed by atoms with Gasteiger partial charge in [-0.2, -0.15) is 0 Å². The normalized spacial score (nSPS) is 24.4. The lowest BCUT2D eigenvalue weighted by Gasteiger charge is -2.41. The number of morpholine rings is 1. The van der Waals surface area contributed by atoms with Crippen molar-refractivity contribution in [1.82, 2.24) is 19.6 Å². The van der Waals surface area contributed by atoms with Crippen molar-refractivity contribution >= 4 is 23.5 Å². The van der Waals surface area contributed by atoms with Crippen LogP contribution in [-0.4, -0.2) is 96.1 Å². The first-order valence-corrected chi connectivity index (χ1v) is 15.3. The molecule has 0 aromatic heterocycles. The molecule has 7 nitrogen and oxygen atoms in total. The molecule has 10 heteroatoms. The number of nitrogens with zero attached hydrogens (tertiary/aromatic N) is 4. The van der Waals surface area contributed by atoms with Gasteiger partial charge in [-0.1, -0.05) is 29.8 Å². The number of likely N-dealkylation sites (tertiary alicyclic amines) is 1. The van der Waals surface area contributed by atoms with Crippen LogP contribution in [0.4, 0.5) is 13.6 Å². The molecule has 3 unspecified atom stereocenters. The summed E-state index contributed by atoms with van der Waals surface area (Å²) in [7, 11) is 0. The topological polar surface area (TPSA) is 56.3 Å². The Morgan fingerprint density at radius 2 is 1.62 bits per heavy atom. The molecule has 42 heavy (non-hydrogen) atoms. The van der Waals surface area contributed by atoms with Crippen LogP contribution in [0.3, 0.4) is 0 Å². The van der Waals surface area contributed by atoms with Crippen molar-refractivity contribution in [3.05, 3.63) is 70.2 Å². The fourth-order valence-electron chi connectivity index (χ4n) is 6.50. The minimum Gasteiger partial charge on any atom is -0.378 e. The van der Waals surface area contributed by atoms with Gasteiger partial charge >= 0.3 is 6.03 Å². The Bertz CT molecular complexity index is 1270. The van der Waals surface area contributed by atoms with Crippen LogP contribution in [0.5, 0.6) is 0 Å². The lowest BCUT2D eigenvalue weighted by Crippen LogP contribution is -2.53. The van der Waals surface area contributed by atoms with Crippen molar-refractivity contribution in [2.45, 2.75) is 51.1 Å². The third kappa shape index (κ3) is 6.74.